The third-order valence-corrected chi connectivity index (χ3v) is 2.69. The summed E-state index contributed by atoms with van der Waals surface area (Å²) in [5.41, 5.74) is 1.82. The van der Waals surface area contributed by atoms with Gasteiger partial charge < -0.3 is 4.74 Å². The normalized spacial score (nSPS) is 10.5. The zero-order valence-electron chi connectivity index (χ0n) is 9.77. The molecule has 4 heteroatoms. The van der Waals surface area contributed by atoms with E-state index >= 15 is 0 Å². The van der Waals surface area contributed by atoms with Crippen LogP contribution in [0.5, 0.6) is 0 Å². The molecule has 0 amide bonds. The van der Waals surface area contributed by atoms with E-state index in [4.69, 9.17) is 0 Å². The van der Waals surface area contributed by atoms with Crippen LogP contribution >= 0.6 is 0 Å². The number of esters is 1. The average Bonchev–Trinajstić information content (AvgIpc) is 2.37. The highest BCUT2D eigenvalue weighted by Crippen LogP contribution is 2.08. The molecule has 0 radical (unpaired) electrons. The maximum Gasteiger partial charge on any atom is 0.338 e. The van der Waals surface area contributed by atoms with E-state index in [0.29, 0.717) is 5.52 Å². The van der Waals surface area contributed by atoms with Crippen LogP contribution in [0.25, 0.3) is 5.52 Å². The number of hydrogen-bond donors (Lipinski definition) is 0. The standard InChI is InChI=1S/C13H13NO3/c1-3-9-4-5-11-6-10(13(16)17-2)7-12(15)14(11)8-9/h4-8H,3H2,1-2H3. The number of hydrogen-bond acceptors (Lipinski definition) is 3. The van der Waals surface area contributed by atoms with E-state index in [-0.39, 0.29) is 11.1 Å². The third kappa shape index (κ3) is 2.06. The molecule has 2 heterocycles. The first-order valence-corrected chi connectivity index (χ1v) is 5.39. The number of fused-ring (bicyclic) bond motifs is 1. The van der Waals surface area contributed by atoms with Crippen LogP contribution in [0.15, 0.2) is 35.3 Å². The summed E-state index contributed by atoms with van der Waals surface area (Å²) in [5.74, 6) is -0.496. The van der Waals surface area contributed by atoms with E-state index in [1.165, 1.54) is 17.6 Å². The van der Waals surface area contributed by atoms with Gasteiger partial charge in [-0.15, -0.1) is 0 Å². The molecule has 2 rings (SSSR count). The summed E-state index contributed by atoms with van der Waals surface area (Å²) in [6, 6.07) is 6.70. The second-order valence-corrected chi connectivity index (χ2v) is 3.76. The number of pyridine rings is 2. The highest BCUT2D eigenvalue weighted by Gasteiger charge is 2.08. The van der Waals surface area contributed by atoms with Crippen LogP contribution in [0.3, 0.4) is 0 Å². The molecule has 0 saturated heterocycles. The summed E-state index contributed by atoms with van der Waals surface area (Å²) in [7, 11) is 1.30. The molecule has 0 saturated carbocycles. The van der Waals surface area contributed by atoms with Crippen molar-refractivity contribution in [2.75, 3.05) is 7.11 Å². The SMILES string of the molecule is CCc1ccc2cc(C(=O)OC)cc(=O)n2c1. The van der Waals surface area contributed by atoms with E-state index in [0.717, 1.165) is 12.0 Å². The predicted molar refractivity (Wildman–Crippen MR) is 64.4 cm³/mol. The monoisotopic (exact) mass is 231 g/mol. The first-order chi connectivity index (χ1) is 8.15. The van der Waals surface area contributed by atoms with Gasteiger partial charge in [-0.3, -0.25) is 9.20 Å². The van der Waals surface area contributed by atoms with Crippen molar-refractivity contribution in [2.45, 2.75) is 13.3 Å². The first kappa shape index (κ1) is 11.4. The van der Waals surface area contributed by atoms with Gasteiger partial charge in [0, 0.05) is 17.8 Å². The fraction of sp³-hybridized carbons (Fsp3) is 0.231. The van der Waals surface area contributed by atoms with Crippen LogP contribution in [0.4, 0.5) is 0 Å². The van der Waals surface area contributed by atoms with Gasteiger partial charge in [-0.25, -0.2) is 4.79 Å². The quantitative estimate of drug-likeness (QED) is 0.738. The van der Waals surface area contributed by atoms with Gasteiger partial charge in [0.15, 0.2) is 0 Å². The fourth-order valence-corrected chi connectivity index (χ4v) is 1.71. The van der Waals surface area contributed by atoms with Gasteiger partial charge in [0.2, 0.25) is 0 Å². The van der Waals surface area contributed by atoms with Gasteiger partial charge in [-0.2, -0.15) is 0 Å². The summed E-state index contributed by atoms with van der Waals surface area (Å²) in [4.78, 5) is 23.2. The minimum atomic E-state index is -0.496. The molecule has 0 aliphatic rings. The number of ether oxygens (including phenoxy) is 1. The Labute approximate surface area is 98.5 Å². The zero-order valence-corrected chi connectivity index (χ0v) is 9.77. The Morgan fingerprint density at radius 1 is 1.35 bits per heavy atom. The summed E-state index contributed by atoms with van der Waals surface area (Å²) in [5, 5.41) is 0. The van der Waals surface area contributed by atoms with Crippen LogP contribution in [-0.4, -0.2) is 17.5 Å². The lowest BCUT2D eigenvalue weighted by molar-refractivity contribution is 0.0600. The van der Waals surface area contributed by atoms with Crippen LogP contribution in [-0.2, 0) is 11.2 Å². The van der Waals surface area contributed by atoms with E-state index < -0.39 is 5.97 Å². The lowest BCUT2D eigenvalue weighted by Gasteiger charge is -2.05. The molecular weight excluding hydrogens is 218 g/mol. The minimum absolute atomic E-state index is 0.224. The molecule has 0 N–H and O–H groups in total. The lowest BCUT2D eigenvalue weighted by atomic mass is 10.2. The van der Waals surface area contributed by atoms with Crippen molar-refractivity contribution in [3.8, 4) is 0 Å². The number of nitrogens with zero attached hydrogens (tertiary/aromatic N) is 1. The predicted octanol–water partition coefficient (Wildman–Crippen LogP) is 1.65. The lowest BCUT2D eigenvalue weighted by Crippen LogP contribution is -2.16. The molecule has 0 aliphatic heterocycles. The van der Waals surface area contributed by atoms with Crippen LogP contribution in [0.2, 0.25) is 0 Å². The van der Waals surface area contributed by atoms with Gasteiger partial charge in [0.25, 0.3) is 5.56 Å². The summed E-state index contributed by atoms with van der Waals surface area (Å²) in [6.45, 7) is 2.02. The Kier molecular flexibility index (Phi) is 2.95. The molecule has 0 bridgehead atoms. The highest BCUT2D eigenvalue weighted by molar-refractivity contribution is 5.90. The maximum absolute atomic E-state index is 11.8. The van der Waals surface area contributed by atoms with Crippen molar-refractivity contribution >= 4 is 11.5 Å². The molecule has 4 nitrogen and oxygen atoms in total. The smallest absolute Gasteiger partial charge is 0.338 e. The Balaban J connectivity index is 2.68. The summed E-state index contributed by atoms with van der Waals surface area (Å²) < 4.78 is 6.13. The molecular formula is C13H13NO3. The molecule has 0 atom stereocenters. The largest absolute Gasteiger partial charge is 0.465 e. The minimum Gasteiger partial charge on any atom is -0.465 e. The average molecular weight is 231 g/mol. The molecule has 2 aromatic rings. The number of aryl methyl sites for hydroxylation is 1. The van der Waals surface area contributed by atoms with Crippen molar-refractivity contribution in [1.29, 1.82) is 0 Å². The van der Waals surface area contributed by atoms with Gasteiger partial charge in [-0.05, 0) is 24.1 Å². The van der Waals surface area contributed by atoms with Crippen LogP contribution < -0.4 is 5.56 Å². The molecule has 17 heavy (non-hydrogen) atoms. The third-order valence-electron chi connectivity index (χ3n) is 2.69. The zero-order chi connectivity index (χ0) is 12.4. The number of carbonyl (C=O) groups is 1. The maximum atomic E-state index is 11.8. The van der Waals surface area contributed by atoms with Gasteiger partial charge >= 0.3 is 5.97 Å². The topological polar surface area (TPSA) is 47.8 Å². The molecule has 0 fully saturated rings. The van der Waals surface area contributed by atoms with E-state index in [1.54, 1.807) is 12.3 Å². The second-order valence-electron chi connectivity index (χ2n) is 3.76. The molecule has 2 aromatic heterocycles. The van der Waals surface area contributed by atoms with Crippen molar-refractivity contribution in [3.63, 3.8) is 0 Å². The van der Waals surface area contributed by atoms with E-state index in [2.05, 4.69) is 4.74 Å². The number of methoxy groups -OCH3 is 1. The van der Waals surface area contributed by atoms with Crippen molar-refractivity contribution in [3.05, 3.63) is 51.9 Å². The number of rotatable bonds is 2. The first-order valence-electron chi connectivity index (χ1n) is 5.39. The second kappa shape index (κ2) is 4.41. The highest BCUT2D eigenvalue weighted by atomic mass is 16.5. The Morgan fingerprint density at radius 3 is 2.76 bits per heavy atom. The van der Waals surface area contributed by atoms with E-state index in [1.807, 2.05) is 19.1 Å². The summed E-state index contributed by atoms with van der Waals surface area (Å²) in [6.07, 6.45) is 2.65. The number of carbonyl (C=O) groups excluding carboxylic acids is 1. The van der Waals surface area contributed by atoms with Crippen molar-refractivity contribution < 1.29 is 9.53 Å². The Hall–Kier alpha value is -2.10. The van der Waals surface area contributed by atoms with Gasteiger partial charge in [0.05, 0.1) is 12.7 Å². The molecule has 0 spiro atoms. The van der Waals surface area contributed by atoms with Gasteiger partial charge in [0.1, 0.15) is 0 Å². The molecule has 0 aliphatic carbocycles. The summed E-state index contributed by atoms with van der Waals surface area (Å²) >= 11 is 0. The van der Waals surface area contributed by atoms with Gasteiger partial charge in [-0.1, -0.05) is 13.0 Å². The van der Waals surface area contributed by atoms with E-state index in [9.17, 15) is 9.59 Å². The van der Waals surface area contributed by atoms with Crippen molar-refractivity contribution in [2.24, 2.45) is 0 Å². The number of aromatic nitrogens is 1. The van der Waals surface area contributed by atoms with Crippen LogP contribution in [0.1, 0.15) is 22.8 Å². The molecule has 88 valence electrons. The Bertz CT molecular complexity index is 628. The molecule has 0 aromatic carbocycles. The van der Waals surface area contributed by atoms with Crippen molar-refractivity contribution in [1.82, 2.24) is 4.40 Å². The molecule has 0 unspecified atom stereocenters. The van der Waals surface area contributed by atoms with Crippen LogP contribution in [0, 0.1) is 0 Å². The Morgan fingerprint density at radius 2 is 2.12 bits per heavy atom. The fourth-order valence-electron chi connectivity index (χ4n) is 1.71.